The van der Waals surface area contributed by atoms with Crippen LogP contribution in [0.25, 0.3) is 10.8 Å². The maximum absolute atomic E-state index is 9.31. The van der Waals surface area contributed by atoms with Crippen LogP contribution < -0.4 is 10.1 Å². The van der Waals surface area contributed by atoms with Crippen molar-refractivity contribution in [1.29, 1.82) is 5.26 Å². The summed E-state index contributed by atoms with van der Waals surface area (Å²) in [5.41, 5.74) is 0.552. The number of benzene rings is 1. The highest BCUT2D eigenvalue weighted by molar-refractivity contribution is 5.92. The molecule has 2 N–H and O–H groups in total. The van der Waals surface area contributed by atoms with Crippen LogP contribution in [0.1, 0.15) is 31.2 Å². The van der Waals surface area contributed by atoms with Crippen molar-refractivity contribution in [3.05, 3.63) is 36.2 Å². The molecule has 0 aliphatic heterocycles. The van der Waals surface area contributed by atoms with E-state index in [0.29, 0.717) is 18.2 Å². The molecule has 24 heavy (non-hydrogen) atoms. The SMILES string of the molecule is Cl.N#Cc1cncc2cccc(OC3CCC(NCCO)CC3)c12. The molecular formula is C18H22ClN3O2. The van der Waals surface area contributed by atoms with Gasteiger partial charge in [-0.25, -0.2) is 0 Å². The number of aromatic nitrogens is 1. The Labute approximate surface area is 148 Å². The molecule has 5 nitrogen and oxygen atoms in total. The molecule has 0 amide bonds. The lowest BCUT2D eigenvalue weighted by Gasteiger charge is -2.29. The number of aliphatic hydroxyl groups excluding tert-OH is 1. The molecule has 0 radical (unpaired) electrons. The second-order valence-electron chi connectivity index (χ2n) is 5.92. The van der Waals surface area contributed by atoms with E-state index in [1.54, 1.807) is 12.4 Å². The summed E-state index contributed by atoms with van der Waals surface area (Å²) in [6.45, 7) is 0.829. The summed E-state index contributed by atoms with van der Waals surface area (Å²) in [7, 11) is 0. The fourth-order valence-corrected chi connectivity index (χ4v) is 3.22. The molecule has 1 aliphatic rings. The monoisotopic (exact) mass is 347 g/mol. The van der Waals surface area contributed by atoms with Gasteiger partial charge in [0.2, 0.25) is 0 Å². The highest BCUT2D eigenvalue weighted by Gasteiger charge is 2.22. The molecular weight excluding hydrogens is 326 g/mol. The van der Waals surface area contributed by atoms with Crippen molar-refractivity contribution in [3.63, 3.8) is 0 Å². The molecule has 128 valence electrons. The minimum Gasteiger partial charge on any atom is -0.490 e. The molecule has 0 unspecified atom stereocenters. The second kappa shape index (κ2) is 8.84. The first-order chi connectivity index (χ1) is 11.3. The molecule has 0 spiro atoms. The molecule has 6 heteroatoms. The molecule has 2 aromatic rings. The third kappa shape index (κ3) is 4.15. The Balaban J connectivity index is 0.00000208. The Bertz CT molecular complexity index is 704. The second-order valence-corrected chi connectivity index (χ2v) is 5.92. The van der Waals surface area contributed by atoms with Crippen molar-refractivity contribution in [2.24, 2.45) is 0 Å². The van der Waals surface area contributed by atoms with Gasteiger partial charge in [-0.3, -0.25) is 4.98 Å². The number of pyridine rings is 1. The van der Waals surface area contributed by atoms with E-state index in [1.165, 1.54) is 0 Å². The van der Waals surface area contributed by atoms with Crippen LogP contribution in [0.2, 0.25) is 0 Å². The third-order valence-electron chi connectivity index (χ3n) is 4.38. The number of aliphatic hydroxyl groups is 1. The van der Waals surface area contributed by atoms with E-state index >= 15 is 0 Å². The topological polar surface area (TPSA) is 78.2 Å². The Morgan fingerprint density at radius 3 is 2.75 bits per heavy atom. The number of rotatable bonds is 5. The third-order valence-corrected chi connectivity index (χ3v) is 4.38. The van der Waals surface area contributed by atoms with Gasteiger partial charge in [0.15, 0.2) is 0 Å². The minimum absolute atomic E-state index is 0. The van der Waals surface area contributed by atoms with Crippen LogP contribution in [0.4, 0.5) is 0 Å². The molecule has 0 atom stereocenters. The molecule has 1 aromatic carbocycles. The Morgan fingerprint density at radius 1 is 1.25 bits per heavy atom. The number of hydrogen-bond donors (Lipinski definition) is 2. The van der Waals surface area contributed by atoms with Crippen LogP contribution >= 0.6 is 12.4 Å². The number of nitriles is 1. The Morgan fingerprint density at radius 2 is 2.04 bits per heavy atom. The number of halogens is 1. The average molecular weight is 348 g/mol. The molecule has 1 heterocycles. The van der Waals surface area contributed by atoms with Crippen LogP contribution in [0, 0.1) is 11.3 Å². The minimum atomic E-state index is 0. The molecule has 1 saturated carbocycles. The van der Waals surface area contributed by atoms with Crippen molar-refractivity contribution in [2.45, 2.75) is 37.8 Å². The molecule has 1 fully saturated rings. The van der Waals surface area contributed by atoms with E-state index in [9.17, 15) is 5.26 Å². The Hall–Kier alpha value is -1.87. The first-order valence-corrected chi connectivity index (χ1v) is 8.09. The lowest BCUT2D eigenvalue weighted by Crippen LogP contribution is -2.37. The van der Waals surface area contributed by atoms with Gasteiger partial charge >= 0.3 is 0 Å². The summed E-state index contributed by atoms with van der Waals surface area (Å²) >= 11 is 0. The van der Waals surface area contributed by atoms with Gasteiger partial charge in [-0.2, -0.15) is 5.26 Å². The summed E-state index contributed by atoms with van der Waals surface area (Å²) in [4.78, 5) is 4.10. The van der Waals surface area contributed by atoms with E-state index in [-0.39, 0.29) is 25.1 Å². The zero-order valence-corrected chi connectivity index (χ0v) is 14.3. The highest BCUT2D eigenvalue weighted by Crippen LogP contribution is 2.31. The lowest BCUT2D eigenvalue weighted by atomic mass is 9.93. The largest absolute Gasteiger partial charge is 0.490 e. The van der Waals surface area contributed by atoms with Gasteiger partial charge in [0, 0.05) is 35.8 Å². The van der Waals surface area contributed by atoms with Crippen molar-refractivity contribution in [1.82, 2.24) is 10.3 Å². The van der Waals surface area contributed by atoms with Crippen LogP contribution in [-0.4, -0.2) is 35.4 Å². The predicted octanol–water partition coefficient (Wildman–Crippen LogP) is 2.80. The number of hydrogen-bond acceptors (Lipinski definition) is 5. The van der Waals surface area contributed by atoms with Gasteiger partial charge in [0.25, 0.3) is 0 Å². The van der Waals surface area contributed by atoms with E-state index in [2.05, 4.69) is 16.4 Å². The van der Waals surface area contributed by atoms with Gasteiger partial charge in [-0.05, 0) is 31.7 Å². The van der Waals surface area contributed by atoms with Gasteiger partial charge in [-0.15, -0.1) is 12.4 Å². The van der Waals surface area contributed by atoms with Crippen LogP contribution in [0.3, 0.4) is 0 Å². The number of fused-ring (bicyclic) bond motifs is 1. The van der Waals surface area contributed by atoms with E-state index < -0.39 is 0 Å². The van der Waals surface area contributed by atoms with Crippen molar-refractivity contribution >= 4 is 23.2 Å². The molecule has 1 aliphatic carbocycles. The summed E-state index contributed by atoms with van der Waals surface area (Å²) in [5, 5.41) is 23.3. The van der Waals surface area contributed by atoms with Crippen LogP contribution in [0.5, 0.6) is 5.75 Å². The number of nitrogens with one attached hydrogen (secondary N) is 1. The number of nitrogens with zero attached hydrogens (tertiary/aromatic N) is 2. The van der Waals surface area contributed by atoms with E-state index in [4.69, 9.17) is 9.84 Å². The quantitative estimate of drug-likeness (QED) is 0.869. The first kappa shape index (κ1) is 18.5. The van der Waals surface area contributed by atoms with Gasteiger partial charge in [-0.1, -0.05) is 12.1 Å². The normalized spacial score (nSPS) is 20.2. The summed E-state index contributed by atoms with van der Waals surface area (Å²) in [5.74, 6) is 0.771. The predicted molar refractivity (Wildman–Crippen MR) is 95.5 cm³/mol. The van der Waals surface area contributed by atoms with Crippen LogP contribution in [-0.2, 0) is 0 Å². The van der Waals surface area contributed by atoms with Gasteiger partial charge in [0.1, 0.15) is 11.8 Å². The molecule has 0 bridgehead atoms. The average Bonchev–Trinajstić information content (AvgIpc) is 2.61. The summed E-state index contributed by atoms with van der Waals surface area (Å²) in [6, 6.07) is 8.49. The fraction of sp³-hybridized carbons (Fsp3) is 0.444. The van der Waals surface area contributed by atoms with Gasteiger partial charge < -0.3 is 15.2 Å². The van der Waals surface area contributed by atoms with Crippen molar-refractivity contribution in [3.8, 4) is 11.8 Å². The standard InChI is InChI=1S/C18H21N3O2.ClH/c19-10-14-12-20-11-13-2-1-3-17(18(13)14)23-16-6-4-15(5-7-16)21-8-9-22;/h1-3,11-12,15-16,21-22H,4-9H2;1H. The number of ether oxygens (including phenoxy) is 1. The zero-order valence-electron chi connectivity index (χ0n) is 13.4. The van der Waals surface area contributed by atoms with E-state index in [0.717, 1.165) is 42.2 Å². The zero-order chi connectivity index (χ0) is 16.1. The maximum Gasteiger partial charge on any atom is 0.128 e. The Kier molecular flexibility index (Phi) is 6.80. The smallest absolute Gasteiger partial charge is 0.128 e. The summed E-state index contributed by atoms with van der Waals surface area (Å²) < 4.78 is 6.21. The maximum atomic E-state index is 9.31. The molecule has 3 rings (SSSR count). The highest BCUT2D eigenvalue weighted by atomic mass is 35.5. The van der Waals surface area contributed by atoms with Crippen LogP contribution in [0.15, 0.2) is 30.6 Å². The molecule has 1 aromatic heterocycles. The summed E-state index contributed by atoms with van der Waals surface area (Å²) in [6.07, 6.45) is 7.57. The van der Waals surface area contributed by atoms with Gasteiger partial charge in [0.05, 0.1) is 18.3 Å². The van der Waals surface area contributed by atoms with E-state index in [1.807, 2.05) is 18.2 Å². The first-order valence-electron chi connectivity index (χ1n) is 8.09. The fourth-order valence-electron chi connectivity index (χ4n) is 3.22. The molecule has 0 saturated heterocycles. The van der Waals surface area contributed by atoms with Crippen molar-refractivity contribution < 1.29 is 9.84 Å². The lowest BCUT2D eigenvalue weighted by molar-refractivity contribution is 0.139. The van der Waals surface area contributed by atoms with Crippen molar-refractivity contribution in [2.75, 3.05) is 13.2 Å².